The topological polar surface area (TPSA) is 49.0 Å². The van der Waals surface area contributed by atoms with E-state index in [1.165, 1.54) is 0 Å². The van der Waals surface area contributed by atoms with Gasteiger partial charge in [-0.1, -0.05) is 17.7 Å². The molecule has 0 atom stereocenters. The van der Waals surface area contributed by atoms with E-state index in [1.807, 2.05) is 37.3 Å². The van der Waals surface area contributed by atoms with Crippen molar-refractivity contribution >= 4 is 11.6 Å². The zero-order valence-electron chi connectivity index (χ0n) is 14.4. The summed E-state index contributed by atoms with van der Waals surface area (Å²) in [6.45, 7) is 5.06. The molecule has 1 N–H and O–H groups in total. The van der Waals surface area contributed by atoms with E-state index >= 15 is 0 Å². The van der Waals surface area contributed by atoms with Crippen LogP contribution >= 0.6 is 11.6 Å². The lowest BCUT2D eigenvalue weighted by molar-refractivity contribution is 0.171. The smallest absolute Gasteiger partial charge is 0.179 e. The first kappa shape index (κ1) is 17.7. The molecule has 0 saturated carbocycles. The molecule has 5 nitrogen and oxygen atoms in total. The summed E-state index contributed by atoms with van der Waals surface area (Å²) in [5.41, 5.74) is 2.17. The Hall–Kier alpha value is -2.11. The van der Waals surface area contributed by atoms with Gasteiger partial charge in [0.25, 0.3) is 0 Å². The number of fused-ring (bicyclic) bond motifs is 1. The molecule has 0 spiro atoms. The zero-order chi connectivity index (χ0) is 17.6. The van der Waals surface area contributed by atoms with Crippen molar-refractivity contribution in [3.8, 4) is 23.0 Å². The van der Waals surface area contributed by atoms with Gasteiger partial charge in [-0.05, 0) is 42.3 Å². The predicted octanol–water partition coefficient (Wildman–Crippen LogP) is 3.81. The van der Waals surface area contributed by atoms with Crippen LogP contribution in [0.25, 0.3) is 0 Å². The number of hydrogen-bond donors (Lipinski definition) is 1. The number of nitrogens with one attached hydrogen (secondary N) is 1. The molecule has 3 rings (SSSR count). The van der Waals surface area contributed by atoms with Gasteiger partial charge in [-0.3, -0.25) is 0 Å². The van der Waals surface area contributed by atoms with Gasteiger partial charge >= 0.3 is 0 Å². The summed E-state index contributed by atoms with van der Waals surface area (Å²) in [6.07, 6.45) is 0. The fourth-order valence-corrected chi connectivity index (χ4v) is 3.04. The van der Waals surface area contributed by atoms with Crippen molar-refractivity contribution in [3.05, 3.63) is 46.5 Å². The molecular formula is C19H22ClNO4. The van der Waals surface area contributed by atoms with E-state index in [2.05, 4.69) is 5.32 Å². The minimum absolute atomic E-state index is 0.546. The van der Waals surface area contributed by atoms with Crippen LogP contribution < -0.4 is 24.3 Å². The highest BCUT2D eigenvalue weighted by Crippen LogP contribution is 2.36. The quantitative estimate of drug-likeness (QED) is 0.810. The van der Waals surface area contributed by atoms with Gasteiger partial charge in [-0.25, -0.2) is 0 Å². The number of ether oxygens (including phenoxy) is 4. The standard InChI is InChI=1S/C19H22ClNO4/c1-3-23-18-10-14(8-15(20)19(18)22-2)12-21-11-13-4-5-16-17(9-13)25-7-6-24-16/h4-5,8-10,21H,3,6-7,11-12H2,1-2H3. The molecule has 2 aromatic rings. The molecule has 2 aromatic carbocycles. The van der Waals surface area contributed by atoms with E-state index in [4.69, 9.17) is 30.5 Å². The van der Waals surface area contributed by atoms with Crippen molar-refractivity contribution in [1.29, 1.82) is 0 Å². The number of hydrogen-bond acceptors (Lipinski definition) is 5. The molecule has 1 aliphatic heterocycles. The molecule has 0 unspecified atom stereocenters. The lowest BCUT2D eigenvalue weighted by Crippen LogP contribution is -2.16. The third-order valence-corrected chi connectivity index (χ3v) is 4.12. The Labute approximate surface area is 152 Å². The van der Waals surface area contributed by atoms with Gasteiger partial charge in [-0.15, -0.1) is 0 Å². The SMILES string of the molecule is CCOc1cc(CNCc2ccc3c(c2)OCCO3)cc(Cl)c1OC. The second-order valence-electron chi connectivity index (χ2n) is 5.62. The Morgan fingerprint density at radius 1 is 1.04 bits per heavy atom. The normalized spacial score (nSPS) is 12.8. The van der Waals surface area contributed by atoms with Gasteiger partial charge in [0.2, 0.25) is 0 Å². The summed E-state index contributed by atoms with van der Waals surface area (Å²) in [7, 11) is 1.59. The molecule has 1 aliphatic rings. The monoisotopic (exact) mass is 363 g/mol. The molecule has 0 saturated heterocycles. The van der Waals surface area contributed by atoms with E-state index in [1.54, 1.807) is 7.11 Å². The van der Waals surface area contributed by atoms with Crippen LogP contribution in [-0.4, -0.2) is 26.9 Å². The zero-order valence-corrected chi connectivity index (χ0v) is 15.2. The van der Waals surface area contributed by atoms with Gasteiger partial charge < -0.3 is 24.3 Å². The van der Waals surface area contributed by atoms with E-state index in [-0.39, 0.29) is 0 Å². The summed E-state index contributed by atoms with van der Waals surface area (Å²) in [5, 5.41) is 3.95. The van der Waals surface area contributed by atoms with Gasteiger partial charge in [-0.2, -0.15) is 0 Å². The third kappa shape index (κ3) is 4.30. The Morgan fingerprint density at radius 2 is 1.80 bits per heavy atom. The molecule has 0 amide bonds. The average molecular weight is 364 g/mol. The van der Waals surface area contributed by atoms with Crippen molar-refractivity contribution in [3.63, 3.8) is 0 Å². The summed E-state index contributed by atoms with van der Waals surface area (Å²) in [4.78, 5) is 0. The average Bonchev–Trinajstić information content (AvgIpc) is 2.62. The molecule has 0 radical (unpaired) electrons. The highest BCUT2D eigenvalue weighted by atomic mass is 35.5. The highest BCUT2D eigenvalue weighted by Gasteiger charge is 2.13. The van der Waals surface area contributed by atoms with E-state index in [9.17, 15) is 0 Å². The maximum atomic E-state index is 6.28. The highest BCUT2D eigenvalue weighted by molar-refractivity contribution is 6.32. The fourth-order valence-electron chi connectivity index (χ4n) is 2.73. The van der Waals surface area contributed by atoms with Crippen molar-refractivity contribution < 1.29 is 18.9 Å². The van der Waals surface area contributed by atoms with Crippen molar-refractivity contribution in [2.45, 2.75) is 20.0 Å². The molecule has 6 heteroatoms. The Kier molecular flexibility index (Phi) is 5.89. The van der Waals surface area contributed by atoms with Gasteiger partial charge in [0.15, 0.2) is 23.0 Å². The first-order valence-electron chi connectivity index (χ1n) is 8.29. The largest absolute Gasteiger partial charge is 0.491 e. The molecule has 25 heavy (non-hydrogen) atoms. The Balaban J connectivity index is 1.64. The van der Waals surface area contributed by atoms with Crippen molar-refractivity contribution in [1.82, 2.24) is 5.32 Å². The number of halogens is 1. The third-order valence-electron chi connectivity index (χ3n) is 3.84. The van der Waals surface area contributed by atoms with Crippen LogP contribution in [-0.2, 0) is 13.1 Å². The predicted molar refractivity (Wildman–Crippen MR) is 97.1 cm³/mol. The van der Waals surface area contributed by atoms with E-state index in [0.29, 0.717) is 49.4 Å². The van der Waals surface area contributed by atoms with Crippen LogP contribution in [0.1, 0.15) is 18.1 Å². The van der Waals surface area contributed by atoms with E-state index < -0.39 is 0 Å². The molecule has 0 bridgehead atoms. The molecule has 0 fully saturated rings. The maximum Gasteiger partial charge on any atom is 0.179 e. The Morgan fingerprint density at radius 3 is 2.56 bits per heavy atom. The molecule has 0 aliphatic carbocycles. The van der Waals surface area contributed by atoms with Crippen LogP contribution in [0, 0.1) is 0 Å². The van der Waals surface area contributed by atoms with Crippen LogP contribution in [0.3, 0.4) is 0 Å². The number of rotatable bonds is 7. The first-order chi connectivity index (χ1) is 12.2. The molecular weight excluding hydrogens is 342 g/mol. The van der Waals surface area contributed by atoms with Crippen LogP contribution in [0.15, 0.2) is 30.3 Å². The second kappa shape index (κ2) is 8.32. The minimum Gasteiger partial charge on any atom is -0.491 e. The summed E-state index contributed by atoms with van der Waals surface area (Å²) >= 11 is 6.28. The Bertz CT molecular complexity index is 736. The lowest BCUT2D eigenvalue weighted by Gasteiger charge is -2.19. The molecule has 134 valence electrons. The fraction of sp³-hybridized carbons (Fsp3) is 0.368. The number of methoxy groups -OCH3 is 1. The van der Waals surface area contributed by atoms with Crippen LogP contribution in [0.2, 0.25) is 5.02 Å². The lowest BCUT2D eigenvalue weighted by atomic mass is 10.1. The maximum absolute atomic E-state index is 6.28. The summed E-state index contributed by atoms with van der Waals surface area (Å²) in [6, 6.07) is 9.83. The van der Waals surface area contributed by atoms with Crippen molar-refractivity contribution in [2.24, 2.45) is 0 Å². The van der Waals surface area contributed by atoms with Crippen molar-refractivity contribution in [2.75, 3.05) is 26.9 Å². The minimum atomic E-state index is 0.546. The van der Waals surface area contributed by atoms with Gasteiger partial charge in [0.05, 0.1) is 18.7 Å². The first-order valence-corrected chi connectivity index (χ1v) is 8.67. The summed E-state index contributed by atoms with van der Waals surface area (Å²) in [5.74, 6) is 2.84. The van der Waals surface area contributed by atoms with E-state index in [0.717, 1.165) is 22.6 Å². The second-order valence-corrected chi connectivity index (χ2v) is 6.03. The summed E-state index contributed by atoms with van der Waals surface area (Å²) < 4.78 is 22.1. The molecule has 0 aromatic heterocycles. The van der Waals surface area contributed by atoms with Crippen LogP contribution in [0.5, 0.6) is 23.0 Å². The van der Waals surface area contributed by atoms with Crippen LogP contribution in [0.4, 0.5) is 0 Å². The number of benzene rings is 2. The molecule has 1 heterocycles. The van der Waals surface area contributed by atoms with Gasteiger partial charge in [0, 0.05) is 13.1 Å². The van der Waals surface area contributed by atoms with Gasteiger partial charge in [0.1, 0.15) is 13.2 Å².